The molecule has 1 saturated heterocycles. The Balaban J connectivity index is 1.28. The number of hydrogen-bond acceptors (Lipinski definition) is 3. The van der Waals surface area contributed by atoms with Crippen LogP contribution in [0.4, 0.5) is 4.39 Å². The van der Waals surface area contributed by atoms with E-state index in [-0.39, 0.29) is 17.6 Å². The van der Waals surface area contributed by atoms with Crippen LogP contribution in [0.1, 0.15) is 63.9 Å². The van der Waals surface area contributed by atoms with E-state index in [1.165, 1.54) is 17.7 Å². The van der Waals surface area contributed by atoms with Crippen molar-refractivity contribution in [3.63, 3.8) is 0 Å². The first-order valence-electron chi connectivity index (χ1n) is 12.0. The fourth-order valence-electron chi connectivity index (χ4n) is 4.86. The summed E-state index contributed by atoms with van der Waals surface area (Å²) in [7, 11) is 0. The molecule has 1 aromatic heterocycles. The lowest BCUT2D eigenvalue weighted by molar-refractivity contribution is 0.0531. The predicted octanol–water partition coefficient (Wildman–Crippen LogP) is 4.22. The molecule has 0 N–H and O–H groups in total. The first-order chi connectivity index (χ1) is 16.4. The van der Waals surface area contributed by atoms with Gasteiger partial charge in [-0.25, -0.2) is 9.07 Å². The molecular weight excluding hydrogens is 431 g/mol. The van der Waals surface area contributed by atoms with Crippen LogP contribution in [0.5, 0.6) is 0 Å². The molecule has 3 aromatic rings. The second-order valence-corrected chi connectivity index (χ2v) is 9.38. The van der Waals surface area contributed by atoms with Gasteiger partial charge in [0.05, 0.1) is 5.69 Å². The zero-order valence-corrected chi connectivity index (χ0v) is 19.6. The largest absolute Gasteiger partial charge is 0.335 e. The standard InChI is InChI=1S/C27H29FN4O2/c1-18(2)19-6-8-20(9-7-19)26(33)30-14-16-31(17-15-30)27(34)25-23-4-3-5-24(23)32(29-25)22-12-10-21(28)11-13-22/h6-13,18H,3-5,14-17H2,1-2H3. The number of amides is 2. The number of aromatic nitrogens is 2. The molecule has 2 aliphatic rings. The third-order valence-corrected chi connectivity index (χ3v) is 6.88. The summed E-state index contributed by atoms with van der Waals surface area (Å²) in [5.74, 6) is 0.0371. The molecule has 0 unspecified atom stereocenters. The van der Waals surface area contributed by atoms with Gasteiger partial charge in [-0.05, 0) is 67.1 Å². The Bertz CT molecular complexity index is 1210. The number of carbonyl (C=O) groups excluding carboxylic acids is 2. The van der Waals surface area contributed by atoms with E-state index in [9.17, 15) is 14.0 Å². The molecule has 2 amide bonds. The Labute approximate surface area is 199 Å². The van der Waals surface area contributed by atoms with Crippen LogP contribution in [0.3, 0.4) is 0 Å². The van der Waals surface area contributed by atoms with Gasteiger partial charge in [0, 0.05) is 43.0 Å². The Morgan fingerprint density at radius 3 is 2.09 bits per heavy atom. The maximum atomic E-state index is 13.4. The van der Waals surface area contributed by atoms with Crippen molar-refractivity contribution in [2.75, 3.05) is 26.2 Å². The molecule has 0 saturated carbocycles. The molecule has 2 aromatic carbocycles. The van der Waals surface area contributed by atoms with Gasteiger partial charge >= 0.3 is 0 Å². The molecule has 34 heavy (non-hydrogen) atoms. The minimum atomic E-state index is -0.299. The monoisotopic (exact) mass is 460 g/mol. The van der Waals surface area contributed by atoms with E-state index in [0.29, 0.717) is 43.4 Å². The number of hydrogen-bond donors (Lipinski definition) is 0. The lowest BCUT2D eigenvalue weighted by Crippen LogP contribution is -2.50. The molecule has 1 aliphatic heterocycles. The van der Waals surface area contributed by atoms with Crippen molar-refractivity contribution in [1.82, 2.24) is 19.6 Å². The van der Waals surface area contributed by atoms with Crippen molar-refractivity contribution < 1.29 is 14.0 Å². The molecule has 2 heterocycles. The fraction of sp³-hybridized carbons (Fsp3) is 0.370. The van der Waals surface area contributed by atoms with E-state index in [1.807, 2.05) is 29.2 Å². The van der Waals surface area contributed by atoms with Crippen molar-refractivity contribution in [2.45, 2.75) is 39.0 Å². The number of fused-ring (bicyclic) bond motifs is 1. The molecular formula is C27H29FN4O2. The van der Waals surface area contributed by atoms with Crippen LogP contribution >= 0.6 is 0 Å². The summed E-state index contributed by atoms with van der Waals surface area (Å²) in [6.07, 6.45) is 2.65. The van der Waals surface area contributed by atoms with E-state index < -0.39 is 0 Å². The van der Waals surface area contributed by atoms with Crippen molar-refractivity contribution in [3.8, 4) is 5.69 Å². The van der Waals surface area contributed by atoms with Gasteiger partial charge in [-0.15, -0.1) is 0 Å². The van der Waals surface area contributed by atoms with E-state index in [0.717, 1.165) is 36.2 Å². The number of rotatable bonds is 4. The highest BCUT2D eigenvalue weighted by Gasteiger charge is 2.32. The fourth-order valence-corrected chi connectivity index (χ4v) is 4.86. The highest BCUT2D eigenvalue weighted by Crippen LogP contribution is 2.29. The lowest BCUT2D eigenvalue weighted by Gasteiger charge is -2.34. The molecule has 176 valence electrons. The quantitative estimate of drug-likeness (QED) is 0.586. The maximum absolute atomic E-state index is 13.4. The Kier molecular flexibility index (Phi) is 5.94. The molecule has 0 atom stereocenters. The first kappa shape index (κ1) is 22.3. The van der Waals surface area contributed by atoms with E-state index in [4.69, 9.17) is 0 Å². The maximum Gasteiger partial charge on any atom is 0.274 e. The van der Waals surface area contributed by atoms with Crippen LogP contribution in [-0.4, -0.2) is 57.6 Å². The van der Waals surface area contributed by atoms with Gasteiger partial charge in [0.25, 0.3) is 11.8 Å². The van der Waals surface area contributed by atoms with Crippen molar-refractivity contribution in [2.24, 2.45) is 0 Å². The molecule has 0 bridgehead atoms. The Hall–Kier alpha value is -3.48. The lowest BCUT2D eigenvalue weighted by atomic mass is 10.0. The normalized spacial score (nSPS) is 15.6. The Morgan fingerprint density at radius 2 is 1.47 bits per heavy atom. The molecule has 0 spiro atoms. The Morgan fingerprint density at radius 1 is 0.853 bits per heavy atom. The average Bonchev–Trinajstić information content (AvgIpc) is 3.47. The van der Waals surface area contributed by atoms with Crippen LogP contribution in [-0.2, 0) is 12.8 Å². The number of nitrogens with zero attached hydrogens (tertiary/aromatic N) is 4. The predicted molar refractivity (Wildman–Crippen MR) is 128 cm³/mol. The van der Waals surface area contributed by atoms with Gasteiger partial charge in [-0.1, -0.05) is 26.0 Å². The molecule has 7 heteroatoms. The van der Waals surface area contributed by atoms with Gasteiger partial charge < -0.3 is 9.80 Å². The number of halogens is 1. The highest BCUT2D eigenvalue weighted by molar-refractivity contribution is 5.96. The van der Waals surface area contributed by atoms with E-state index in [1.54, 1.807) is 21.7 Å². The zero-order chi connectivity index (χ0) is 23.8. The molecule has 6 nitrogen and oxygen atoms in total. The van der Waals surface area contributed by atoms with E-state index >= 15 is 0 Å². The third-order valence-electron chi connectivity index (χ3n) is 6.88. The summed E-state index contributed by atoms with van der Waals surface area (Å²) in [6.45, 7) is 6.21. The second-order valence-electron chi connectivity index (χ2n) is 9.38. The molecule has 1 fully saturated rings. The minimum Gasteiger partial charge on any atom is -0.335 e. The van der Waals surface area contributed by atoms with Gasteiger partial charge in [-0.2, -0.15) is 5.10 Å². The van der Waals surface area contributed by atoms with Crippen LogP contribution in [0.15, 0.2) is 48.5 Å². The molecule has 0 radical (unpaired) electrons. The van der Waals surface area contributed by atoms with Crippen LogP contribution in [0, 0.1) is 5.82 Å². The summed E-state index contributed by atoms with van der Waals surface area (Å²) >= 11 is 0. The minimum absolute atomic E-state index is 0.00360. The molecule has 5 rings (SSSR count). The smallest absolute Gasteiger partial charge is 0.274 e. The summed E-state index contributed by atoms with van der Waals surface area (Å²) in [6, 6.07) is 14.0. The van der Waals surface area contributed by atoms with Gasteiger partial charge in [-0.3, -0.25) is 9.59 Å². The number of benzene rings is 2. The van der Waals surface area contributed by atoms with Gasteiger partial charge in [0.2, 0.25) is 0 Å². The van der Waals surface area contributed by atoms with Crippen molar-refractivity contribution >= 4 is 11.8 Å². The molecule has 1 aliphatic carbocycles. The van der Waals surface area contributed by atoms with E-state index in [2.05, 4.69) is 18.9 Å². The van der Waals surface area contributed by atoms with Gasteiger partial charge in [0.1, 0.15) is 5.82 Å². The first-order valence-corrected chi connectivity index (χ1v) is 12.0. The van der Waals surface area contributed by atoms with Crippen LogP contribution < -0.4 is 0 Å². The van der Waals surface area contributed by atoms with Gasteiger partial charge in [0.15, 0.2) is 5.69 Å². The number of carbonyl (C=O) groups is 2. The van der Waals surface area contributed by atoms with Crippen LogP contribution in [0.2, 0.25) is 0 Å². The van der Waals surface area contributed by atoms with Crippen molar-refractivity contribution in [1.29, 1.82) is 0 Å². The van der Waals surface area contributed by atoms with Crippen LogP contribution in [0.25, 0.3) is 5.69 Å². The summed E-state index contributed by atoms with van der Waals surface area (Å²) < 4.78 is 15.2. The summed E-state index contributed by atoms with van der Waals surface area (Å²) in [5.41, 5.74) is 5.17. The third kappa shape index (κ3) is 4.11. The highest BCUT2D eigenvalue weighted by atomic mass is 19.1. The topological polar surface area (TPSA) is 58.4 Å². The second kappa shape index (κ2) is 9.05. The summed E-state index contributed by atoms with van der Waals surface area (Å²) in [5, 5.41) is 4.65. The zero-order valence-electron chi connectivity index (χ0n) is 19.6. The number of piperazine rings is 1. The summed E-state index contributed by atoms with van der Waals surface area (Å²) in [4.78, 5) is 29.9. The average molecular weight is 461 g/mol. The SMILES string of the molecule is CC(C)c1ccc(C(=O)N2CCN(C(=O)c3nn(-c4ccc(F)cc4)c4c3CCC4)CC2)cc1. The van der Waals surface area contributed by atoms with Crippen molar-refractivity contribution in [3.05, 3.63) is 82.4 Å².